The lowest BCUT2D eigenvalue weighted by Crippen LogP contribution is -2.07. The second-order valence-corrected chi connectivity index (χ2v) is 8.04. The number of aryl methyl sites for hydroxylation is 1. The van der Waals surface area contributed by atoms with Gasteiger partial charge in [-0.15, -0.1) is 0 Å². The normalized spacial score (nSPS) is 11.1. The second-order valence-electron chi connectivity index (χ2n) is 8.04. The van der Waals surface area contributed by atoms with Gasteiger partial charge in [-0.05, 0) is 54.3 Å². The zero-order valence-corrected chi connectivity index (χ0v) is 18.4. The first kappa shape index (κ1) is 23.7. The highest BCUT2D eigenvalue weighted by atomic mass is 16.3. The molecular formula is C27H37NO2. The topological polar surface area (TPSA) is 49.3 Å². The lowest BCUT2D eigenvalue weighted by Gasteiger charge is -2.06. The Kier molecular flexibility index (Phi) is 11.4. The van der Waals surface area contributed by atoms with Gasteiger partial charge in [-0.25, -0.2) is 0 Å². The van der Waals surface area contributed by atoms with Crippen LogP contribution in [0.15, 0.2) is 54.6 Å². The molecule has 3 heteroatoms. The van der Waals surface area contributed by atoms with E-state index in [9.17, 15) is 9.90 Å². The van der Waals surface area contributed by atoms with Crippen molar-refractivity contribution >= 4 is 17.7 Å². The molecule has 0 aliphatic heterocycles. The van der Waals surface area contributed by atoms with Crippen LogP contribution in [0.5, 0.6) is 5.75 Å². The Balaban J connectivity index is 1.59. The van der Waals surface area contributed by atoms with Gasteiger partial charge in [-0.3, -0.25) is 4.79 Å². The molecule has 0 saturated heterocycles. The molecule has 30 heavy (non-hydrogen) atoms. The Morgan fingerprint density at radius 1 is 0.800 bits per heavy atom. The Bertz CT molecular complexity index is 747. The Hall–Kier alpha value is -2.55. The van der Waals surface area contributed by atoms with Crippen molar-refractivity contribution in [1.29, 1.82) is 0 Å². The highest BCUT2D eigenvalue weighted by Gasteiger charge is 2.00. The van der Waals surface area contributed by atoms with Crippen molar-refractivity contribution in [3.05, 3.63) is 65.7 Å². The van der Waals surface area contributed by atoms with E-state index in [2.05, 4.69) is 24.4 Å². The van der Waals surface area contributed by atoms with E-state index in [1.54, 1.807) is 30.3 Å². The highest BCUT2D eigenvalue weighted by Crippen LogP contribution is 2.15. The number of benzene rings is 2. The van der Waals surface area contributed by atoms with E-state index in [0.29, 0.717) is 0 Å². The summed E-state index contributed by atoms with van der Waals surface area (Å²) in [6, 6.07) is 14.9. The van der Waals surface area contributed by atoms with Gasteiger partial charge in [0.1, 0.15) is 5.75 Å². The maximum absolute atomic E-state index is 12.1. The average molecular weight is 408 g/mol. The Labute approximate surface area is 182 Å². The van der Waals surface area contributed by atoms with Crippen LogP contribution < -0.4 is 5.32 Å². The van der Waals surface area contributed by atoms with Crippen LogP contribution in [-0.4, -0.2) is 11.0 Å². The van der Waals surface area contributed by atoms with E-state index in [0.717, 1.165) is 17.7 Å². The summed E-state index contributed by atoms with van der Waals surface area (Å²) in [7, 11) is 0. The number of nitrogens with one attached hydrogen (secondary N) is 1. The van der Waals surface area contributed by atoms with E-state index in [4.69, 9.17) is 0 Å². The number of carbonyl (C=O) groups excluding carboxylic acids is 1. The fourth-order valence-electron chi connectivity index (χ4n) is 3.51. The first-order chi connectivity index (χ1) is 14.7. The Morgan fingerprint density at radius 2 is 1.37 bits per heavy atom. The fourth-order valence-corrected chi connectivity index (χ4v) is 3.51. The lowest BCUT2D eigenvalue weighted by atomic mass is 10.0. The SMILES string of the molecule is CCCCCCCCCCCCc1ccc(NC(=O)C=Cc2ccc(O)cc2)cc1. The predicted molar refractivity (Wildman–Crippen MR) is 128 cm³/mol. The summed E-state index contributed by atoms with van der Waals surface area (Å²) in [6.45, 7) is 2.27. The van der Waals surface area contributed by atoms with Crippen molar-refractivity contribution in [3.8, 4) is 5.75 Å². The van der Waals surface area contributed by atoms with Crippen LogP contribution in [0.25, 0.3) is 6.08 Å². The van der Waals surface area contributed by atoms with Gasteiger partial charge in [0.25, 0.3) is 0 Å². The monoisotopic (exact) mass is 407 g/mol. The zero-order chi connectivity index (χ0) is 21.4. The number of amides is 1. The molecule has 0 spiro atoms. The number of aromatic hydroxyl groups is 1. The zero-order valence-electron chi connectivity index (χ0n) is 18.4. The number of hydrogen-bond donors (Lipinski definition) is 2. The van der Waals surface area contributed by atoms with Crippen LogP contribution in [0.1, 0.15) is 82.3 Å². The molecule has 2 aromatic rings. The molecule has 2 aromatic carbocycles. The maximum atomic E-state index is 12.1. The first-order valence-electron chi connectivity index (χ1n) is 11.5. The van der Waals surface area contributed by atoms with Gasteiger partial charge in [-0.1, -0.05) is 89.0 Å². The van der Waals surface area contributed by atoms with Gasteiger partial charge in [0.15, 0.2) is 0 Å². The van der Waals surface area contributed by atoms with Gasteiger partial charge < -0.3 is 10.4 Å². The molecular weight excluding hydrogens is 370 g/mol. The molecule has 2 rings (SSSR count). The Morgan fingerprint density at radius 3 is 1.97 bits per heavy atom. The molecule has 0 bridgehead atoms. The van der Waals surface area contributed by atoms with Gasteiger partial charge in [0.2, 0.25) is 5.91 Å². The minimum Gasteiger partial charge on any atom is -0.508 e. The predicted octanol–water partition coefficient (Wildman–Crippen LogP) is 7.51. The summed E-state index contributed by atoms with van der Waals surface area (Å²) in [5.41, 5.74) is 3.00. The van der Waals surface area contributed by atoms with E-state index < -0.39 is 0 Å². The number of unbranched alkanes of at least 4 members (excludes halogenated alkanes) is 9. The van der Waals surface area contributed by atoms with Gasteiger partial charge in [0.05, 0.1) is 0 Å². The van der Waals surface area contributed by atoms with Crippen molar-refractivity contribution < 1.29 is 9.90 Å². The summed E-state index contributed by atoms with van der Waals surface area (Å²) >= 11 is 0. The van der Waals surface area contributed by atoms with Crippen molar-refractivity contribution in [2.75, 3.05) is 5.32 Å². The molecule has 0 radical (unpaired) electrons. The van der Waals surface area contributed by atoms with Gasteiger partial charge in [0, 0.05) is 11.8 Å². The van der Waals surface area contributed by atoms with Crippen molar-refractivity contribution in [2.24, 2.45) is 0 Å². The number of hydrogen-bond acceptors (Lipinski definition) is 2. The summed E-state index contributed by atoms with van der Waals surface area (Å²) in [4.78, 5) is 12.1. The molecule has 2 N–H and O–H groups in total. The molecule has 0 aliphatic carbocycles. The summed E-state index contributed by atoms with van der Waals surface area (Å²) in [5.74, 6) is 0.0556. The molecule has 0 saturated carbocycles. The van der Waals surface area contributed by atoms with Crippen molar-refractivity contribution in [3.63, 3.8) is 0 Å². The van der Waals surface area contributed by atoms with Crippen LogP contribution in [0.4, 0.5) is 5.69 Å². The largest absolute Gasteiger partial charge is 0.508 e. The first-order valence-corrected chi connectivity index (χ1v) is 11.5. The van der Waals surface area contributed by atoms with Crippen LogP contribution in [0, 0.1) is 0 Å². The van der Waals surface area contributed by atoms with Crippen LogP contribution in [0.3, 0.4) is 0 Å². The molecule has 0 aromatic heterocycles. The van der Waals surface area contributed by atoms with Crippen molar-refractivity contribution in [1.82, 2.24) is 0 Å². The summed E-state index contributed by atoms with van der Waals surface area (Å²) < 4.78 is 0. The minimum absolute atomic E-state index is 0.162. The van der Waals surface area contributed by atoms with Crippen LogP contribution in [0.2, 0.25) is 0 Å². The number of carbonyl (C=O) groups is 1. The third-order valence-corrected chi connectivity index (χ3v) is 5.36. The lowest BCUT2D eigenvalue weighted by molar-refractivity contribution is -0.111. The smallest absolute Gasteiger partial charge is 0.248 e. The van der Waals surface area contributed by atoms with E-state index in [-0.39, 0.29) is 11.7 Å². The number of rotatable bonds is 14. The molecule has 0 aliphatic rings. The second kappa shape index (κ2) is 14.4. The highest BCUT2D eigenvalue weighted by molar-refractivity contribution is 6.01. The average Bonchev–Trinajstić information content (AvgIpc) is 2.76. The van der Waals surface area contributed by atoms with E-state index >= 15 is 0 Å². The molecule has 0 heterocycles. The quantitative estimate of drug-likeness (QED) is 0.251. The fraction of sp³-hybridized carbons (Fsp3) is 0.444. The standard InChI is InChI=1S/C27H37NO2/c1-2-3-4-5-6-7-8-9-10-11-12-23-13-18-25(19-14-23)28-27(30)22-17-24-15-20-26(29)21-16-24/h13-22,29H,2-12H2,1H3,(H,28,30). The summed E-state index contributed by atoms with van der Waals surface area (Å²) in [5, 5.41) is 12.2. The third-order valence-electron chi connectivity index (χ3n) is 5.36. The van der Waals surface area contributed by atoms with E-state index in [1.165, 1.54) is 75.8 Å². The minimum atomic E-state index is -0.162. The van der Waals surface area contributed by atoms with Gasteiger partial charge in [-0.2, -0.15) is 0 Å². The molecule has 162 valence electrons. The summed E-state index contributed by atoms with van der Waals surface area (Å²) in [6.07, 6.45) is 17.9. The molecule has 1 amide bonds. The maximum Gasteiger partial charge on any atom is 0.248 e. The number of anilines is 1. The van der Waals surface area contributed by atoms with Crippen LogP contribution >= 0.6 is 0 Å². The number of phenols is 1. The van der Waals surface area contributed by atoms with Crippen molar-refractivity contribution in [2.45, 2.75) is 77.6 Å². The molecule has 0 unspecified atom stereocenters. The molecule has 3 nitrogen and oxygen atoms in total. The number of phenolic OH excluding ortho intramolecular Hbond substituents is 1. The molecule has 0 atom stereocenters. The molecule has 0 fully saturated rings. The third kappa shape index (κ3) is 10.3. The van der Waals surface area contributed by atoms with E-state index in [1.807, 2.05) is 12.1 Å². The van der Waals surface area contributed by atoms with Crippen LogP contribution in [-0.2, 0) is 11.2 Å². The van der Waals surface area contributed by atoms with Gasteiger partial charge >= 0.3 is 0 Å².